The number of alkyl halides is 6. The van der Waals surface area contributed by atoms with E-state index in [0.29, 0.717) is 89.2 Å². The van der Waals surface area contributed by atoms with Gasteiger partial charge >= 0.3 is 18.4 Å². The second-order valence-corrected chi connectivity index (χ2v) is 17.7. The summed E-state index contributed by atoms with van der Waals surface area (Å²) >= 11 is 0. The van der Waals surface area contributed by atoms with Gasteiger partial charge in [0.1, 0.15) is 24.8 Å². The Kier molecular flexibility index (Phi) is 14.0. The molecule has 0 aromatic heterocycles. The molecule has 3 fully saturated rings. The molecule has 3 aromatic rings. The Labute approximate surface area is 368 Å². The number of rotatable bonds is 12. The number of hydrogen-bond donors (Lipinski definition) is 1. The van der Waals surface area contributed by atoms with Crippen LogP contribution in [-0.4, -0.2) is 134 Å². The van der Waals surface area contributed by atoms with Gasteiger partial charge < -0.3 is 39.7 Å². The fourth-order valence-electron chi connectivity index (χ4n) is 9.67. The van der Waals surface area contributed by atoms with E-state index in [-0.39, 0.29) is 55.1 Å². The quantitative estimate of drug-likeness (QED) is 0.198. The van der Waals surface area contributed by atoms with Gasteiger partial charge in [0.25, 0.3) is 5.91 Å². The summed E-state index contributed by atoms with van der Waals surface area (Å²) in [5.41, 5.74) is 3.26. The van der Waals surface area contributed by atoms with Crippen molar-refractivity contribution in [3.63, 3.8) is 0 Å². The van der Waals surface area contributed by atoms with Crippen molar-refractivity contribution in [3.8, 4) is 0 Å². The Bertz CT molecular complexity index is 2110. The van der Waals surface area contributed by atoms with E-state index in [1.807, 2.05) is 17.0 Å². The minimum atomic E-state index is -5.13. The average molecular weight is 905 g/mol. The van der Waals surface area contributed by atoms with Crippen LogP contribution in [0.3, 0.4) is 0 Å². The van der Waals surface area contributed by atoms with E-state index in [1.165, 1.54) is 29.8 Å². The van der Waals surface area contributed by atoms with Gasteiger partial charge in [-0.05, 0) is 105 Å². The van der Waals surface area contributed by atoms with Gasteiger partial charge in [0.2, 0.25) is 5.91 Å². The molecule has 1 spiro atoms. The van der Waals surface area contributed by atoms with Crippen LogP contribution in [0.15, 0.2) is 66.7 Å². The molecule has 3 aromatic carbocycles. The summed E-state index contributed by atoms with van der Waals surface area (Å²) in [5.74, 6) is -1.74. The van der Waals surface area contributed by atoms with E-state index < -0.39 is 53.1 Å². The first-order chi connectivity index (χ1) is 30.3. The normalized spacial score (nSPS) is 21.6. The van der Waals surface area contributed by atoms with Crippen molar-refractivity contribution in [2.24, 2.45) is 5.73 Å². The molecule has 1 aliphatic carbocycles. The van der Waals surface area contributed by atoms with Crippen LogP contribution in [0.25, 0.3) is 0 Å². The predicted octanol–water partition coefficient (Wildman–Crippen LogP) is 6.88. The van der Waals surface area contributed by atoms with Gasteiger partial charge in [-0.15, -0.1) is 0 Å². The van der Waals surface area contributed by atoms with E-state index in [0.717, 1.165) is 23.3 Å². The number of nitrogens with zero attached hydrogens (tertiary/aromatic N) is 5. The van der Waals surface area contributed by atoms with E-state index in [2.05, 4.69) is 17.0 Å². The van der Waals surface area contributed by atoms with Gasteiger partial charge in [-0.1, -0.05) is 36.4 Å². The summed E-state index contributed by atoms with van der Waals surface area (Å²) in [5, 5.41) is 0. The fourth-order valence-corrected chi connectivity index (χ4v) is 9.67. The van der Waals surface area contributed by atoms with Crippen LogP contribution < -0.4 is 5.73 Å². The first kappa shape index (κ1) is 47.2. The van der Waals surface area contributed by atoms with Crippen LogP contribution >= 0.6 is 0 Å². The topological polar surface area (TPSA) is 112 Å². The number of nitrogens with two attached hydrogens (primary N) is 1. The number of amides is 4. The first-order valence-electron chi connectivity index (χ1n) is 21.7. The lowest BCUT2D eigenvalue weighted by molar-refractivity contribution is -0.143. The molecule has 0 bridgehead atoms. The Morgan fingerprint density at radius 1 is 0.844 bits per heavy atom. The molecule has 2 atom stereocenters. The zero-order chi connectivity index (χ0) is 46.0. The molecule has 0 saturated carbocycles. The molecular weight excluding hydrogens is 850 g/mol. The van der Waals surface area contributed by atoms with E-state index in [1.54, 1.807) is 23.9 Å². The number of hydrogen-bond acceptors (Lipinski definition) is 7. The molecule has 3 saturated heterocycles. The molecule has 18 heteroatoms. The lowest BCUT2D eigenvalue weighted by Crippen LogP contribution is -2.50. The van der Waals surface area contributed by atoms with Crippen LogP contribution in [-0.2, 0) is 44.1 Å². The molecule has 3 heterocycles. The van der Waals surface area contributed by atoms with E-state index in [9.17, 15) is 45.1 Å². The number of benzene rings is 3. The van der Waals surface area contributed by atoms with Gasteiger partial charge in [0.05, 0.1) is 23.8 Å². The van der Waals surface area contributed by atoms with Crippen LogP contribution in [0.2, 0.25) is 0 Å². The van der Waals surface area contributed by atoms with Crippen molar-refractivity contribution in [3.05, 3.63) is 106 Å². The average Bonchev–Trinajstić information content (AvgIpc) is 3.84. The van der Waals surface area contributed by atoms with Gasteiger partial charge in [-0.2, -0.15) is 26.3 Å². The number of fused-ring (bicyclic) bond motifs is 2. The minimum Gasteiger partial charge on any atom is -0.367 e. The smallest absolute Gasteiger partial charge is 0.367 e. The van der Waals surface area contributed by atoms with Crippen LogP contribution in [0.1, 0.15) is 76.7 Å². The highest BCUT2D eigenvalue weighted by Gasteiger charge is 2.50. The molecule has 4 aliphatic rings. The number of piperidine rings is 2. The number of carbonyl (C=O) groups is 3. The van der Waals surface area contributed by atoms with Gasteiger partial charge in [-0.3, -0.25) is 9.59 Å². The van der Waals surface area contributed by atoms with Crippen molar-refractivity contribution in [1.29, 1.82) is 0 Å². The molecule has 4 amide bonds. The Morgan fingerprint density at radius 2 is 1.47 bits per heavy atom. The van der Waals surface area contributed by atoms with Gasteiger partial charge in [-0.25, -0.2) is 9.18 Å². The molecule has 11 nitrogen and oxygen atoms in total. The molecular formula is C46H55F7N6O5. The van der Waals surface area contributed by atoms with Gasteiger partial charge in [0, 0.05) is 63.8 Å². The second kappa shape index (κ2) is 19.0. The van der Waals surface area contributed by atoms with Crippen molar-refractivity contribution >= 4 is 17.8 Å². The Balaban J connectivity index is 0.974. The highest BCUT2D eigenvalue weighted by Crippen LogP contribution is 2.48. The maximum absolute atomic E-state index is 14.1. The Morgan fingerprint density at radius 3 is 2.11 bits per heavy atom. The van der Waals surface area contributed by atoms with E-state index in [4.69, 9.17) is 15.2 Å². The standard InChI is InChI=1S/C46H55F7N6O5/c1-55(17-5-18-56(2)42(62)58-19-12-37(54)13-20-58)40(60)28-63-39-26-31-6-3-4-7-38(31)43(39)14-21-57(22-15-43)23-16-44(33-8-10-36(47)11-9-33)29-59(30-64-44)41(61)32-24-34(45(48,49)50)27-35(25-32)46(51,52)53/h3-4,6-11,24-25,27,37,39H,5,12-23,26,28-30,54H2,1-2H3/t39-,44-/m0/s1. The molecule has 3 aliphatic heterocycles. The van der Waals surface area contributed by atoms with Crippen molar-refractivity contribution in [2.75, 3.05) is 79.8 Å². The maximum atomic E-state index is 14.1. The zero-order valence-electron chi connectivity index (χ0n) is 36.0. The summed E-state index contributed by atoms with van der Waals surface area (Å²) in [6.45, 7) is 3.23. The predicted molar refractivity (Wildman–Crippen MR) is 222 cm³/mol. The van der Waals surface area contributed by atoms with E-state index >= 15 is 0 Å². The van der Waals surface area contributed by atoms with Crippen LogP contribution in [0.5, 0.6) is 0 Å². The minimum absolute atomic E-state index is 0.0258. The SMILES string of the molecule is CN(CCCN(C)C(=O)N1CCC(N)CC1)C(=O)CO[C@H]1Cc2ccccc2C12CCN(CC[C@@]1(c3ccc(F)cc3)CN(C(=O)c3cc(C(F)(F)F)cc(C(F)(F)F)c3)CO1)CC2. The van der Waals surface area contributed by atoms with Crippen molar-refractivity contribution < 1.29 is 54.6 Å². The maximum Gasteiger partial charge on any atom is 0.416 e. The molecule has 7 rings (SSSR count). The molecule has 0 unspecified atom stereocenters. The van der Waals surface area contributed by atoms with Gasteiger partial charge in [0.15, 0.2) is 0 Å². The summed E-state index contributed by atoms with van der Waals surface area (Å²) in [7, 11) is 3.50. The largest absolute Gasteiger partial charge is 0.416 e. The van der Waals surface area contributed by atoms with Crippen molar-refractivity contribution in [1.82, 2.24) is 24.5 Å². The third-order valence-electron chi connectivity index (χ3n) is 13.5. The number of halogens is 7. The lowest BCUT2D eigenvalue weighted by atomic mass is 9.72. The molecule has 348 valence electrons. The fraction of sp³-hybridized carbons (Fsp3) is 0.543. The number of urea groups is 1. The summed E-state index contributed by atoms with van der Waals surface area (Å²) in [6.07, 6.45) is -6.03. The third kappa shape index (κ3) is 10.3. The zero-order valence-corrected chi connectivity index (χ0v) is 36.0. The highest BCUT2D eigenvalue weighted by molar-refractivity contribution is 5.95. The van der Waals surface area contributed by atoms with Crippen LogP contribution in [0, 0.1) is 5.82 Å². The number of likely N-dealkylation sites (N-methyl/N-ethyl adjacent to an activating group) is 1. The molecule has 2 N–H and O–H groups in total. The number of likely N-dealkylation sites (tertiary alicyclic amines) is 2. The third-order valence-corrected chi connectivity index (χ3v) is 13.5. The molecule has 64 heavy (non-hydrogen) atoms. The lowest BCUT2D eigenvalue weighted by Gasteiger charge is -2.44. The Hall–Kier alpha value is -4.78. The monoisotopic (exact) mass is 904 g/mol. The summed E-state index contributed by atoms with van der Waals surface area (Å²) < 4.78 is 109. The van der Waals surface area contributed by atoms with Crippen LogP contribution in [0.4, 0.5) is 35.5 Å². The molecule has 0 radical (unpaired) electrons. The first-order valence-corrected chi connectivity index (χ1v) is 21.7. The second-order valence-electron chi connectivity index (χ2n) is 17.7. The number of carbonyl (C=O) groups excluding carboxylic acids is 3. The summed E-state index contributed by atoms with van der Waals surface area (Å²) in [6, 6.07) is 14.5. The van der Waals surface area contributed by atoms with Crippen molar-refractivity contribution in [2.45, 2.75) is 80.5 Å². The highest BCUT2D eigenvalue weighted by atomic mass is 19.4. The number of ether oxygens (including phenoxy) is 2. The summed E-state index contributed by atoms with van der Waals surface area (Å²) in [4.78, 5) is 48.3.